The van der Waals surface area contributed by atoms with Gasteiger partial charge in [-0.15, -0.1) is 0 Å². The van der Waals surface area contributed by atoms with Gasteiger partial charge in [-0.2, -0.15) is 0 Å². The summed E-state index contributed by atoms with van der Waals surface area (Å²) in [5.74, 6) is 0. The van der Waals surface area contributed by atoms with Gasteiger partial charge in [0.1, 0.15) is 10.6 Å². The molecule has 0 radical (unpaired) electrons. The number of anilines is 1. The second-order valence-electron chi connectivity index (χ2n) is 7.85. The van der Waals surface area contributed by atoms with E-state index in [9.17, 15) is 13.2 Å². The van der Waals surface area contributed by atoms with Gasteiger partial charge >= 0.3 is 0 Å². The highest BCUT2D eigenvalue weighted by atomic mass is 32.2. The largest absolute Gasteiger partial charge is 0.381 e. The molecule has 30 heavy (non-hydrogen) atoms. The van der Waals surface area contributed by atoms with Crippen molar-refractivity contribution in [3.8, 4) is 11.1 Å². The van der Waals surface area contributed by atoms with Crippen LogP contribution in [0.4, 0.5) is 5.69 Å². The predicted octanol–water partition coefficient (Wildman–Crippen LogP) is 3.19. The molecule has 2 heterocycles. The molecule has 0 atom stereocenters. The fourth-order valence-electron chi connectivity index (χ4n) is 3.90. The molecule has 0 unspecified atom stereocenters. The van der Waals surface area contributed by atoms with Gasteiger partial charge in [-0.3, -0.25) is 14.8 Å². The van der Waals surface area contributed by atoms with Crippen molar-refractivity contribution in [2.24, 2.45) is 5.73 Å². The van der Waals surface area contributed by atoms with Crippen LogP contribution in [0.3, 0.4) is 0 Å². The number of nitrogens with zero attached hydrogens (tertiary/aromatic N) is 2. The fraction of sp³-hybridized carbons (Fsp3) is 0.318. The molecule has 8 heteroatoms. The molecule has 156 valence electrons. The Balaban J connectivity index is 1.82. The Morgan fingerprint density at radius 1 is 1.03 bits per heavy atom. The lowest BCUT2D eigenvalue weighted by atomic mass is 9.91. The van der Waals surface area contributed by atoms with Crippen LogP contribution in [0, 0.1) is 0 Å². The third-order valence-corrected chi connectivity index (χ3v) is 6.70. The number of benzene rings is 1. The number of nitrogens with one attached hydrogen (secondary N) is 1. The van der Waals surface area contributed by atoms with Crippen LogP contribution in [0.15, 0.2) is 47.6 Å². The summed E-state index contributed by atoms with van der Waals surface area (Å²) in [6.45, 7) is 0. The third-order valence-electron chi connectivity index (χ3n) is 5.59. The SMILES string of the molecule is CS(=O)(=O)c1cnc2ccc(-c3ccc(C=O)nc3)cc2c1NC1CCC(N)CC1. The highest BCUT2D eigenvalue weighted by molar-refractivity contribution is 7.90. The van der Waals surface area contributed by atoms with Crippen LogP contribution in [-0.4, -0.2) is 43.0 Å². The van der Waals surface area contributed by atoms with Gasteiger partial charge in [-0.25, -0.2) is 8.42 Å². The smallest absolute Gasteiger partial charge is 0.179 e. The van der Waals surface area contributed by atoms with E-state index in [2.05, 4.69) is 15.3 Å². The molecule has 0 spiro atoms. The molecule has 2 aromatic heterocycles. The molecule has 1 aliphatic rings. The molecule has 7 nitrogen and oxygen atoms in total. The maximum atomic E-state index is 12.5. The summed E-state index contributed by atoms with van der Waals surface area (Å²) in [6, 6.07) is 9.55. The quantitative estimate of drug-likeness (QED) is 0.604. The van der Waals surface area contributed by atoms with Crippen molar-refractivity contribution in [1.29, 1.82) is 0 Å². The molecule has 1 aliphatic carbocycles. The molecule has 0 saturated heterocycles. The zero-order valence-electron chi connectivity index (χ0n) is 16.7. The summed E-state index contributed by atoms with van der Waals surface area (Å²) in [5, 5.41) is 4.22. The number of rotatable bonds is 5. The Kier molecular flexibility index (Phi) is 5.53. The summed E-state index contributed by atoms with van der Waals surface area (Å²) < 4.78 is 24.9. The van der Waals surface area contributed by atoms with E-state index in [0.717, 1.165) is 42.2 Å². The van der Waals surface area contributed by atoms with E-state index in [-0.39, 0.29) is 17.0 Å². The van der Waals surface area contributed by atoms with Crippen molar-refractivity contribution in [3.05, 3.63) is 48.4 Å². The molecule has 1 aromatic carbocycles. The fourth-order valence-corrected chi connectivity index (χ4v) is 4.68. The second-order valence-corrected chi connectivity index (χ2v) is 9.83. The maximum absolute atomic E-state index is 12.5. The van der Waals surface area contributed by atoms with Gasteiger partial charge in [0.05, 0.1) is 11.2 Å². The maximum Gasteiger partial charge on any atom is 0.179 e. The van der Waals surface area contributed by atoms with Crippen LogP contribution < -0.4 is 11.1 Å². The minimum atomic E-state index is -3.47. The van der Waals surface area contributed by atoms with Crippen molar-refractivity contribution >= 4 is 32.7 Å². The highest BCUT2D eigenvalue weighted by Crippen LogP contribution is 2.34. The molecule has 0 bridgehead atoms. The first-order chi connectivity index (χ1) is 14.3. The van der Waals surface area contributed by atoms with E-state index < -0.39 is 9.84 Å². The number of hydrogen-bond acceptors (Lipinski definition) is 7. The Morgan fingerprint density at radius 3 is 2.40 bits per heavy atom. The summed E-state index contributed by atoms with van der Waals surface area (Å²) >= 11 is 0. The number of carbonyl (C=O) groups is 1. The molecule has 0 amide bonds. The standard InChI is InChI=1S/C22H24N4O3S/c1-30(28,29)21-12-25-20-9-3-14(15-2-6-18(13-27)24-11-15)10-19(20)22(21)26-17-7-4-16(23)5-8-17/h2-3,6,9-13,16-17H,4-5,7-8,23H2,1H3,(H,25,26). The monoisotopic (exact) mass is 424 g/mol. The number of carbonyl (C=O) groups excluding carboxylic acids is 1. The van der Waals surface area contributed by atoms with Gasteiger partial charge in [-0.1, -0.05) is 12.1 Å². The van der Waals surface area contributed by atoms with E-state index >= 15 is 0 Å². The van der Waals surface area contributed by atoms with Crippen LogP contribution in [0.2, 0.25) is 0 Å². The molecule has 1 fully saturated rings. The zero-order chi connectivity index (χ0) is 21.3. The molecular formula is C22H24N4O3S. The highest BCUT2D eigenvalue weighted by Gasteiger charge is 2.23. The van der Waals surface area contributed by atoms with E-state index in [1.54, 1.807) is 12.3 Å². The first kappa shape index (κ1) is 20.4. The van der Waals surface area contributed by atoms with Gasteiger partial charge in [0.2, 0.25) is 0 Å². The Hall–Kier alpha value is -2.84. The Bertz CT molecular complexity index is 1180. The Morgan fingerprint density at radius 2 is 1.77 bits per heavy atom. The third kappa shape index (κ3) is 4.20. The van der Waals surface area contributed by atoms with E-state index in [1.165, 1.54) is 12.5 Å². The number of pyridine rings is 2. The topological polar surface area (TPSA) is 115 Å². The van der Waals surface area contributed by atoms with Crippen LogP contribution >= 0.6 is 0 Å². The molecule has 3 aromatic rings. The average molecular weight is 425 g/mol. The number of aldehydes is 1. The van der Waals surface area contributed by atoms with Crippen molar-refractivity contribution in [1.82, 2.24) is 9.97 Å². The van der Waals surface area contributed by atoms with E-state index in [1.807, 2.05) is 24.3 Å². The van der Waals surface area contributed by atoms with Crippen LogP contribution in [-0.2, 0) is 9.84 Å². The van der Waals surface area contributed by atoms with Crippen molar-refractivity contribution < 1.29 is 13.2 Å². The van der Waals surface area contributed by atoms with E-state index in [0.29, 0.717) is 23.2 Å². The molecule has 1 saturated carbocycles. The lowest BCUT2D eigenvalue weighted by Crippen LogP contribution is -2.33. The molecular weight excluding hydrogens is 400 g/mol. The number of sulfone groups is 1. The number of nitrogens with two attached hydrogens (primary N) is 1. The van der Waals surface area contributed by atoms with Crippen molar-refractivity contribution in [2.45, 2.75) is 42.7 Å². The summed E-state index contributed by atoms with van der Waals surface area (Å²) in [4.78, 5) is 19.6. The molecule has 3 N–H and O–H groups in total. The first-order valence-electron chi connectivity index (χ1n) is 9.91. The van der Waals surface area contributed by atoms with Crippen LogP contribution in [0.25, 0.3) is 22.0 Å². The molecule has 4 rings (SSSR count). The summed E-state index contributed by atoms with van der Waals surface area (Å²) in [5.41, 5.74) is 9.38. The van der Waals surface area contributed by atoms with Crippen molar-refractivity contribution in [2.75, 3.05) is 11.6 Å². The minimum Gasteiger partial charge on any atom is -0.381 e. The first-order valence-corrected chi connectivity index (χ1v) is 11.8. The van der Waals surface area contributed by atoms with Crippen LogP contribution in [0.5, 0.6) is 0 Å². The van der Waals surface area contributed by atoms with Gasteiger partial charge < -0.3 is 11.1 Å². The normalized spacial score (nSPS) is 19.5. The number of aromatic nitrogens is 2. The van der Waals surface area contributed by atoms with Crippen molar-refractivity contribution in [3.63, 3.8) is 0 Å². The number of hydrogen-bond donors (Lipinski definition) is 2. The lowest BCUT2D eigenvalue weighted by Gasteiger charge is -2.28. The van der Waals surface area contributed by atoms with Crippen LogP contribution in [0.1, 0.15) is 36.2 Å². The zero-order valence-corrected chi connectivity index (χ0v) is 17.5. The Labute approximate surface area is 175 Å². The minimum absolute atomic E-state index is 0.160. The van der Waals surface area contributed by atoms with E-state index in [4.69, 9.17) is 5.73 Å². The van der Waals surface area contributed by atoms with Gasteiger partial charge in [0.25, 0.3) is 0 Å². The predicted molar refractivity (Wildman–Crippen MR) is 117 cm³/mol. The summed E-state index contributed by atoms with van der Waals surface area (Å²) in [7, 11) is -3.47. The summed E-state index contributed by atoms with van der Waals surface area (Å²) in [6.07, 6.45) is 8.57. The van der Waals surface area contributed by atoms with Gasteiger partial charge in [0.15, 0.2) is 16.1 Å². The molecule has 0 aliphatic heterocycles. The lowest BCUT2D eigenvalue weighted by molar-refractivity contribution is 0.111. The second kappa shape index (κ2) is 8.12. The van der Waals surface area contributed by atoms with Gasteiger partial charge in [-0.05, 0) is 49.4 Å². The van der Waals surface area contributed by atoms with Gasteiger partial charge in [0, 0.05) is 41.7 Å². The average Bonchev–Trinajstić information content (AvgIpc) is 2.74. The number of fused-ring (bicyclic) bond motifs is 1.